The molecule has 0 fully saturated rings. The Hall–Kier alpha value is -3.02. The summed E-state index contributed by atoms with van der Waals surface area (Å²) < 4.78 is 16.4. The van der Waals surface area contributed by atoms with E-state index in [4.69, 9.17) is 14.2 Å². The number of fused-ring (bicyclic) bond motifs is 1. The number of pyridine rings is 1. The molecule has 0 bridgehead atoms. The number of ether oxygens (including phenoxy) is 3. The molecule has 1 aromatic heterocycles. The highest BCUT2D eigenvalue weighted by Gasteiger charge is 2.24. The Morgan fingerprint density at radius 3 is 2.58 bits per heavy atom. The van der Waals surface area contributed by atoms with Crippen LogP contribution in [0.2, 0.25) is 0 Å². The average Bonchev–Trinajstić information content (AvgIpc) is 2.70. The minimum absolute atomic E-state index is 0.0879. The third kappa shape index (κ3) is 3.49. The van der Waals surface area contributed by atoms with E-state index in [-0.39, 0.29) is 5.91 Å². The SMILES string of the molecule is COc1cc2c(c(OC)c1OC)CCC(C(=O)NCc1ccccn1)=C2. The smallest absolute Gasteiger partial charge is 0.247 e. The van der Waals surface area contributed by atoms with Crippen LogP contribution in [-0.2, 0) is 17.8 Å². The van der Waals surface area contributed by atoms with Gasteiger partial charge in [0.2, 0.25) is 11.7 Å². The molecule has 26 heavy (non-hydrogen) atoms. The van der Waals surface area contributed by atoms with Crippen LogP contribution in [0.25, 0.3) is 6.08 Å². The molecule has 2 aromatic rings. The van der Waals surface area contributed by atoms with E-state index < -0.39 is 0 Å². The van der Waals surface area contributed by atoms with Gasteiger partial charge >= 0.3 is 0 Å². The molecule has 136 valence electrons. The Balaban J connectivity index is 1.85. The van der Waals surface area contributed by atoms with Gasteiger partial charge in [-0.05, 0) is 42.7 Å². The molecule has 1 aromatic carbocycles. The average molecular weight is 354 g/mol. The van der Waals surface area contributed by atoms with Crippen molar-refractivity contribution in [3.8, 4) is 17.2 Å². The van der Waals surface area contributed by atoms with E-state index in [1.54, 1.807) is 27.5 Å². The number of benzene rings is 1. The maximum atomic E-state index is 12.5. The Morgan fingerprint density at radius 2 is 1.92 bits per heavy atom. The number of nitrogens with one attached hydrogen (secondary N) is 1. The molecule has 1 heterocycles. The highest BCUT2D eigenvalue weighted by molar-refractivity contribution is 5.99. The van der Waals surface area contributed by atoms with Crippen molar-refractivity contribution in [2.24, 2.45) is 0 Å². The maximum absolute atomic E-state index is 12.5. The lowest BCUT2D eigenvalue weighted by atomic mass is 9.90. The summed E-state index contributed by atoms with van der Waals surface area (Å²) in [6.45, 7) is 0.402. The molecule has 0 radical (unpaired) electrons. The zero-order valence-corrected chi connectivity index (χ0v) is 15.2. The first-order valence-electron chi connectivity index (χ1n) is 8.38. The first-order valence-corrected chi connectivity index (χ1v) is 8.38. The van der Waals surface area contributed by atoms with Crippen LogP contribution in [-0.4, -0.2) is 32.2 Å². The van der Waals surface area contributed by atoms with Crippen LogP contribution in [0.3, 0.4) is 0 Å². The van der Waals surface area contributed by atoms with Crippen LogP contribution in [0.1, 0.15) is 23.2 Å². The largest absolute Gasteiger partial charge is 0.493 e. The van der Waals surface area contributed by atoms with Gasteiger partial charge in [0.15, 0.2) is 11.5 Å². The number of hydrogen-bond acceptors (Lipinski definition) is 5. The number of carbonyl (C=O) groups excluding carboxylic acids is 1. The molecule has 1 N–H and O–H groups in total. The second kappa shape index (κ2) is 7.91. The highest BCUT2D eigenvalue weighted by Crippen LogP contribution is 2.44. The molecule has 1 aliphatic carbocycles. The van der Waals surface area contributed by atoms with E-state index >= 15 is 0 Å². The normalized spacial score (nSPS) is 12.7. The molecule has 0 atom stereocenters. The topological polar surface area (TPSA) is 69.7 Å². The molecule has 0 saturated carbocycles. The van der Waals surface area contributed by atoms with Crippen molar-refractivity contribution >= 4 is 12.0 Å². The molecule has 0 spiro atoms. The summed E-state index contributed by atoms with van der Waals surface area (Å²) in [4.78, 5) is 16.7. The second-order valence-corrected chi connectivity index (χ2v) is 5.89. The summed E-state index contributed by atoms with van der Waals surface area (Å²) in [6, 6.07) is 7.51. The van der Waals surface area contributed by atoms with Gasteiger partial charge in [0, 0.05) is 17.3 Å². The first kappa shape index (κ1) is 17.8. The number of nitrogens with zero attached hydrogens (tertiary/aromatic N) is 1. The van der Waals surface area contributed by atoms with Crippen LogP contribution >= 0.6 is 0 Å². The number of amides is 1. The van der Waals surface area contributed by atoms with Crippen molar-refractivity contribution in [1.82, 2.24) is 10.3 Å². The van der Waals surface area contributed by atoms with E-state index in [1.165, 1.54) is 0 Å². The monoisotopic (exact) mass is 354 g/mol. The molecule has 0 aliphatic heterocycles. The van der Waals surface area contributed by atoms with Gasteiger partial charge in [-0.3, -0.25) is 9.78 Å². The van der Waals surface area contributed by atoms with Crippen LogP contribution < -0.4 is 19.5 Å². The molecule has 6 heteroatoms. The van der Waals surface area contributed by atoms with Crippen LogP contribution in [0.4, 0.5) is 0 Å². The van der Waals surface area contributed by atoms with Gasteiger partial charge in [0.05, 0.1) is 33.6 Å². The number of hydrogen-bond donors (Lipinski definition) is 1. The summed E-state index contributed by atoms with van der Waals surface area (Å²) in [5, 5.41) is 2.92. The summed E-state index contributed by atoms with van der Waals surface area (Å²) >= 11 is 0. The zero-order valence-electron chi connectivity index (χ0n) is 15.2. The highest BCUT2D eigenvalue weighted by atomic mass is 16.5. The van der Waals surface area contributed by atoms with Crippen LogP contribution in [0.15, 0.2) is 36.0 Å². The predicted molar refractivity (Wildman–Crippen MR) is 98.5 cm³/mol. The van der Waals surface area contributed by atoms with Gasteiger partial charge in [-0.2, -0.15) is 0 Å². The van der Waals surface area contributed by atoms with Gasteiger partial charge in [0.1, 0.15) is 0 Å². The van der Waals surface area contributed by atoms with Crippen molar-refractivity contribution in [3.63, 3.8) is 0 Å². The van der Waals surface area contributed by atoms with Crippen molar-refractivity contribution in [1.29, 1.82) is 0 Å². The fourth-order valence-electron chi connectivity index (χ4n) is 3.11. The van der Waals surface area contributed by atoms with Crippen LogP contribution in [0.5, 0.6) is 17.2 Å². The molecule has 3 rings (SSSR count). The molecule has 6 nitrogen and oxygen atoms in total. The molecular weight excluding hydrogens is 332 g/mol. The van der Waals surface area contributed by atoms with E-state index in [1.807, 2.05) is 30.3 Å². The predicted octanol–water partition coefficient (Wildman–Crippen LogP) is 2.75. The molecule has 0 unspecified atom stereocenters. The Morgan fingerprint density at radius 1 is 1.12 bits per heavy atom. The summed E-state index contributed by atoms with van der Waals surface area (Å²) in [7, 11) is 4.77. The van der Waals surface area contributed by atoms with Gasteiger partial charge in [-0.15, -0.1) is 0 Å². The Labute approximate surface area is 152 Å². The fraction of sp³-hybridized carbons (Fsp3) is 0.300. The van der Waals surface area contributed by atoms with Gasteiger partial charge < -0.3 is 19.5 Å². The van der Waals surface area contributed by atoms with Crippen LogP contribution in [0, 0.1) is 0 Å². The summed E-state index contributed by atoms with van der Waals surface area (Å²) in [6.07, 6.45) is 4.93. The van der Waals surface area contributed by atoms with Gasteiger partial charge in [-0.1, -0.05) is 6.07 Å². The van der Waals surface area contributed by atoms with Crippen molar-refractivity contribution in [2.75, 3.05) is 21.3 Å². The van der Waals surface area contributed by atoms with E-state index in [9.17, 15) is 4.79 Å². The quantitative estimate of drug-likeness (QED) is 0.864. The minimum Gasteiger partial charge on any atom is -0.493 e. The lowest BCUT2D eigenvalue weighted by Crippen LogP contribution is -2.26. The molecule has 1 amide bonds. The lowest BCUT2D eigenvalue weighted by molar-refractivity contribution is -0.117. The Bertz CT molecular complexity index is 831. The van der Waals surface area contributed by atoms with E-state index in [2.05, 4.69) is 10.3 Å². The summed E-state index contributed by atoms with van der Waals surface area (Å²) in [5.41, 5.74) is 3.48. The lowest BCUT2D eigenvalue weighted by Gasteiger charge is -2.22. The number of methoxy groups -OCH3 is 3. The molecule has 1 aliphatic rings. The summed E-state index contributed by atoms with van der Waals surface area (Å²) in [5.74, 6) is 1.72. The van der Waals surface area contributed by atoms with E-state index in [0.717, 1.165) is 22.4 Å². The van der Waals surface area contributed by atoms with Gasteiger partial charge in [0.25, 0.3) is 0 Å². The van der Waals surface area contributed by atoms with Crippen molar-refractivity contribution in [3.05, 3.63) is 52.9 Å². The standard InChI is InChI=1S/C20H22N2O4/c1-24-17-11-14-10-13(7-8-16(14)18(25-2)19(17)26-3)20(23)22-12-15-6-4-5-9-21-15/h4-6,9-11H,7-8,12H2,1-3H3,(H,22,23). The molecule has 0 saturated heterocycles. The van der Waals surface area contributed by atoms with Crippen molar-refractivity contribution in [2.45, 2.75) is 19.4 Å². The number of aromatic nitrogens is 1. The number of rotatable bonds is 6. The zero-order chi connectivity index (χ0) is 18.5. The maximum Gasteiger partial charge on any atom is 0.247 e. The third-order valence-electron chi connectivity index (χ3n) is 4.39. The second-order valence-electron chi connectivity index (χ2n) is 5.89. The number of carbonyl (C=O) groups is 1. The van der Waals surface area contributed by atoms with E-state index in [0.29, 0.717) is 36.6 Å². The van der Waals surface area contributed by atoms with Crippen molar-refractivity contribution < 1.29 is 19.0 Å². The Kier molecular flexibility index (Phi) is 5.41. The first-order chi connectivity index (χ1) is 12.7. The molecular formula is C20H22N2O4. The fourth-order valence-corrected chi connectivity index (χ4v) is 3.11. The van der Waals surface area contributed by atoms with Gasteiger partial charge in [-0.25, -0.2) is 0 Å². The minimum atomic E-state index is -0.0879. The third-order valence-corrected chi connectivity index (χ3v) is 4.39.